The van der Waals surface area contributed by atoms with E-state index in [1.54, 1.807) is 20.0 Å². The fraction of sp³-hybridized carbons (Fsp3) is 0.769. The SMILES string of the molecule is CC(C)(O)c1cnn([C@H]2CC[C@H](C)CC2)c1. The quantitative estimate of drug-likeness (QED) is 0.835. The lowest BCUT2D eigenvalue weighted by Gasteiger charge is -2.26. The van der Waals surface area contributed by atoms with E-state index in [1.165, 1.54) is 25.7 Å². The topological polar surface area (TPSA) is 38.1 Å². The first-order chi connectivity index (χ1) is 7.47. The molecule has 1 aromatic rings. The Bertz CT molecular complexity index is 343. The molecular formula is C13H22N2O. The second-order valence-electron chi connectivity index (χ2n) is 5.68. The normalized spacial score (nSPS) is 27.0. The highest BCUT2D eigenvalue weighted by Crippen LogP contribution is 2.32. The Labute approximate surface area is 97.5 Å². The Hall–Kier alpha value is -0.830. The van der Waals surface area contributed by atoms with Crippen LogP contribution in [0.5, 0.6) is 0 Å². The summed E-state index contributed by atoms with van der Waals surface area (Å²) in [5.74, 6) is 0.862. The smallest absolute Gasteiger partial charge is 0.0870 e. The maximum Gasteiger partial charge on any atom is 0.0870 e. The van der Waals surface area contributed by atoms with Gasteiger partial charge in [0, 0.05) is 11.8 Å². The molecule has 3 heteroatoms. The van der Waals surface area contributed by atoms with Crippen LogP contribution in [0.2, 0.25) is 0 Å². The van der Waals surface area contributed by atoms with Gasteiger partial charge in [-0.3, -0.25) is 4.68 Å². The van der Waals surface area contributed by atoms with Crippen molar-refractivity contribution in [2.24, 2.45) is 5.92 Å². The first kappa shape index (κ1) is 11.6. The minimum absolute atomic E-state index is 0.535. The molecule has 3 nitrogen and oxygen atoms in total. The molecule has 1 fully saturated rings. The van der Waals surface area contributed by atoms with Crippen LogP contribution >= 0.6 is 0 Å². The van der Waals surface area contributed by atoms with E-state index in [-0.39, 0.29) is 0 Å². The van der Waals surface area contributed by atoms with Crippen molar-refractivity contribution in [1.29, 1.82) is 0 Å². The molecule has 1 heterocycles. The highest BCUT2D eigenvalue weighted by molar-refractivity contribution is 5.12. The molecule has 0 amide bonds. The maximum absolute atomic E-state index is 9.89. The lowest BCUT2D eigenvalue weighted by molar-refractivity contribution is 0.0784. The predicted molar refractivity (Wildman–Crippen MR) is 64.1 cm³/mol. The first-order valence-corrected chi connectivity index (χ1v) is 6.24. The molecule has 0 bridgehead atoms. The average Bonchev–Trinajstić information content (AvgIpc) is 2.67. The zero-order chi connectivity index (χ0) is 11.8. The number of aromatic nitrogens is 2. The number of aliphatic hydroxyl groups is 1. The Morgan fingerprint density at radius 3 is 2.44 bits per heavy atom. The van der Waals surface area contributed by atoms with Crippen molar-refractivity contribution in [2.45, 2.75) is 58.1 Å². The summed E-state index contributed by atoms with van der Waals surface area (Å²) < 4.78 is 2.04. The van der Waals surface area contributed by atoms with Gasteiger partial charge in [-0.2, -0.15) is 5.10 Å². The highest BCUT2D eigenvalue weighted by atomic mass is 16.3. The summed E-state index contributed by atoms with van der Waals surface area (Å²) in [4.78, 5) is 0. The van der Waals surface area contributed by atoms with Gasteiger partial charge in [-0.1, -0.05) is 6.92 Å². The van der Waals surface area contributed by atoms with Crippen molar-refractivity contribution >= 4 is 0 Å². The molecule has 1 N–H and O–H groups in total. The van der Waals surface area contributed by atoms with Crippen molar-refractivity contribution in [1.82, 2.24) is 9.78 Å². The molecule has 90 valence electrons. The lowest BCUT2D eigenvalue weighted by Crippen LogP contribution is -2.18. The van der Waals surface area contributed by atoms with Crippen molar-refractivity contribution in [3.8, 4) is 0 Å². The van der Waals surface area contributed by atoms with E-state index in [4.69, 9.17) is 0 Å². The van der Waals surface area contributed by atoms with Gasteiger partial charge in [0.1, 0.15) is 0 Å². The Balaban J connectivity index is 2.08. The van der Waals surface area contributed by atoms with Crippen LogP contribution in [0.4, 0.5) is 0 Å². The van der Waals surface area contributed by atoms with Crippen LogP contribution in [-0.2, 0) is 5.60 Å². The molecular weight excluding hydrogens is 200 g/mol. The third-order valence-electron chi connectivity index (χ3n) is 3.67. The van der Waals surface area contributed by atoms with Gasteiger partial charge in [-0.05, 0) is 45.4 Å². The van der Waals surface area contributed by atoms with Crippen LogP contribution in [0.25, 0.3) is 0 Å². The van der Waals surface area contributed by atoms with Crippen LogP contribution in [0.1, 0.15) is 58.1 Å². The van der Waals surface area contributed by atoms with E-state index in [2.05, 4.69) is 12.0 Å². The van der Waals surface area contributed by atoms with Crippen LogP contribution in [0.3, 0.4) is 0 Å². The van der Waals surface area contributed by atoms with E-state index in [9.17, 15) is 5.11 Å². The summed E-state index contributed by atoms with van der Waals surface area (Å²) in [6.07, 6.45) is 8.81. The number of rotatable bonds is 2. The van der Waals surface area contributed by atoms with Gasteiger partial charge in [0.25, 0.3) is 0 Å². The molecule has 2 rings (SSSR count). The summed E-state index contributed by atoms with van der Waals surface area (Å²) in [7, 11) is 0. The van der Waals surface area contributed by atoms with E-state index >= 15 is 0 Å². The van der Waals surface area contributed by atoms with Gasteiger partial charge in [0.05, 0.1) is 17.8 Å². The van der Waals surface area contributed by atoms with Crippen LogP contribution in [0.15, 0.2) is 12.4 Å². The van der Waals surface area contributed by atoms with Crippen LogP contribution < -0.4 is 0 Å². The molecule has 0 spiro atoms. The maximum atomic E-state index is 9.89. The average molecular weight is 222 g/mol. The number of nitrogens with zero attached hydrogens (tertiary/aromatic N) is 2. The molecule has 0 unspecified atom stereocenters. The summed E-state index contributed by atoms with van der Waals surface area (Å²) in [6.45, 7) is 5.93. The molecule has 0 radical (unpaired) electrons. The highest BCUT2D eigenvalue weighted by Gasteiger charge is 2.23. The molecule has 0 atom stereocenters. The zero-order valence-corrected chi connectivity index (χ0v) is 10.5. The monoisotopic (exact) mass is 222 g/mol. The van der Waals surface area contributed by atoms with Gasteiger partial charge in [0.15, 0.2) is 0 Å². The van der Waals surface area contributed by atoms with Gasteiger partial charge >= 0.3 is 0 Å². The van der Waals surface area contributed by atoms with Crippen molar-refractivity contribution in [2.75, 3.05) is 0 Å². The summed E-state index contributed by atoms with van der Waals surface area (Å²) in [6, 6.07) is 0.535. The fourth-order valence-corrected chi connectivity index (χ4v) is 2.36. The molecule has 1 aliphatic rings. The third-order valence-corrected chi connectivity index (χ3v) is 3.67. The van der Waals surface area contributed by atoms with E-state index in [0.29, 0.717) is 6.04 Å². The Morgan fingerprint density at radius 1 is 1.31 bits per heavy atom. The van der Waals surface area contributed by atoms with Crippen molar-refractivity contribution in [3.63, 3.8) is 0 Å². The van der Waals surface area contributed by atoms with Gasteiger partial charge in [0.2, 0.25) is 0 Å². The second kappa shape index (κ2) is 4.21. The van der Waals surface area contributed by atoms with Gasteiger partial charge in [-0.25, -0.2) is 0 Å². The molecule has 16 heavy (non-hydrogen) atoms. The molecule has 0 saturated heterocycles. The molecule has 1 aromatic heterocycles. The number of hydrogen-bond donors (Lipinski definition) is 1. The van der Waals surface area contributed by atoms with Crippen molar-refractivity contribution < 1.29 is 5.11 Å². The third kappa shape index (κ3) is 2.46. The van der Waals surface area contributed by atoms with E-state index < -0.39 is 5.60 Å². The summed E-state index contributed by atoms with van der Waals surface area (Å²) >= 11 is 0. The van der Waals surface area contributed by atoms with Crippen molar-refractivity contribution in [3.05, 3.63) is 18.0 Å². The summed E-state index contributed by atoms with van der Waals surface area (Å²) in [5.41, 5.74) is 0.131. The molecule has 0 aromatic carbocycles. The zero-order valence-electron chi connectivity index (χ0n) is 10.5. The lowest BCUT2D eigenvalue weighted by atomic mass is 9.87. The molecule has 1 saturated carbocycles. The van der Waals surface area contributed by atoms with E-state index in [0.717, 1.165) is 11.5 Å². The van der Waals surface area contributed by atoms with Gasteiger partial charge < -0.3 is 5.11 Å². The fourth-order valence-electron chi connectivity index (χ4n) is 2.36. The summed E-state index contributed by atoms with van der Waals surface area (Å²) in [5, 5.41) is 14.3. The Morgan fingerprint density at radius 2 is 1.94 bits per heavy atom. The largest absolute Gasteiger partial charge is 0.386 e. The standard InChI is InChI=1S/C13H22N2O/c1-10-4-6-12(7-5-10)15-9-11(8-14-15)13(2,3)16/h8-10,12,16H,4-7H2,1-3H3/t10-,12-. The second-order valence-corrected chi connectivity index (χ2v) is 5.68. The van der Waals surface area contributed by atoms with Crippen LogP contribution in [-0.4, -0.2) is 14.9 Å². The minimum atomic E-state index is -0.778. The predicted octanol–water partition coefficient (Wildman–Crippen LogP) is 2.86. The molecule has 1 aliphatic carbocycles. The first-order valence-electron chi connectivity index (χ1n) is 6.24. The Kier molecular flexibility index (Phi) is 3.06. The van der Waals surface area contributed by atoms with E-state index in [1.807, 2.05) is 10.9 Å². The minimum Gasteiger partial charge on any atom is -0.386 e. The molecule has 0 aliphatic heterocycles. The van der Waals surface area contributed by atoms with Gasteiger partial charge in [-0.15, -0.1) is 0 Å². The van der Waals surface area contributed by atoms with Crippen LogP contribution in [0, 0.1) is 5.92 Å². The number of hydrogen-bond acceptors (Lipinski definition) is 2.